The minimum absolute atomic E-state index is 0.0929. The molecule has 0 aromatic heterocycles. The van der Waals surface area contributed by atoms with Crippen LogP contribution in [-0.4, -0.2) is 16.5 Å². The number of carbonyl (C=O) groups excluding carboxylic acids is 1. The summed E-state index contributed by atoms with van der Waals surface area (Å²) in [5.74, 6) is 0.370. The average Bonchev–Trinajstić information content (AvgIpc) is 2.64. The van der Waals surface area contributed by atoms with E-state index in [0.717, 1.165) is 25.7 Å². The van der Waals surface area contributed by atoms with Gasteiger partial charge in [-0.05, 0) is 24.3 Å². The van der Waals surface area contributed by atoms with Crippen molar-refractivity contribution in [1.29, 1.82) is 0 Å². The maximum absolute atomic E-state index is 12.5. The Kier molecular flexibility index (Phi) is 4.41. The first kappa shape index (κ1) is 14.3. The van der Waals surface area contributed by atoms with E-state index in [-0.39, 0.29) is 5.78 Å². The maximum Gasteiger partial charge on any atom is 0.194 e. The number of Topliss-reactive ketones (excluding diaryl/α,β-unsaturated/α-hetero) is 1. The van der Waals surface area contributed by atoms with Gasteiger partial charge in [-0.15, -0.1) is 0 Å². The number of hydrogen-bond donors (Lipinski definition) is 1. The first-order valence-electron chi connectivity index (χ1n) is 7.40. The summed E-state index contributed by atoms with van der Waals surface area (Å²) in [5.41, 5.74) is 0.744. The smallest absolute Gasteiger partial charge is 0.194 e. The van der Waals surface area contributed by atoms with E-state index >= 15 is 0 Å². The van der Waals surface area contributed by atoms with Crippen LogP contribution in [-0.2, 0) is 0 Å². The van der Waals surface area contributed by atoms with Crippen LogP contribution in [0.5, 0.6) is 0 Å². The Morgan fingerprint density at radius 2 is 1.58 bits per heavy atom. The summed E-state index contributed by atoms with van der Waals surface area (Å²) >= 11 is 0. The average molecular weight is 260 g/mol. The monoisotopic (exact) mass is 260 g/mol. The molecule has 1 aliphatic carbocycles. The SMILES string of the molecule is CC(C)c1ccc(C(=O)C2(O)CCCCCC2)cc1. The predicted molar refractivity (Wildman–Crippen MR) is 77.5 cm³/mol. The van der Waals surface area contributed by atoms with Crippen molar-refractivity contribution >= 4 is 5.78 Å². The zero-order valence-corrected chi connectivity index (χ0v) is 12.0. The van der Waals surface area contributed by atoms with Crippen LogP contribution in [0.3, 0.4) is 0 Å². The van der Waals surface area contributed by atoms with Gasteiger partial charge in [0.15, 0.2) is 5.78 Å². The third-order valence-corrected chi connectivity index (χ3v) is 4.19. The molecule has 1 aromatic rings. The molecule has 0 amide bonds. The molecule has 0 saturated heterocycles. The topological polar surface area (TPSA) is 37.3 Å². The zero-order chi connectivity index (χ0) is 13.9. The van der Waals surface area contributed by atoms with Gasteiger partial charge in [0, 0.05) is 5.56 Å². The molecule has 2 nitrogen and oxygen atoms in total. The Morgan fingerprint density at radius 3 is 2.05 bits per heavy atom. The van der Waals surface area contributed by atoms with E-state index in [1.807, 2.05) is 24.3 Å². The lowest BCUT2D eigenvalue weighted by atomic mass is 9.85. The first-order chi connectivity index (χ1) is 9.03. The van der Waals surface area contributed by atoms with E-state index in [1.54, 1.807) is 0 Å². The van der Waals surface area contributed by atoms with E-state index in [0.29, 0.717) is 24.3 Å². The van der Waals surface area contributed by atoms with Gasteiger partial charge in [-0.2, -0.15) is 0 Å². The third kappa shape index (κ3) is 3.24. The largest absolute Gasteiger partial charge is 0.382 e. The minimum Gasteiger partial charge on any atom is -0.382 e. The van der Waals surface area contributed by atoms with E-state index in [4.69, 9.17) is 0 Å². The lowest BCUT2D eigenvalue weighted by Crippen LogP contribution is -2.38. The summed E-state index contributed by atoms with van der Waals surface area (Å²) in [6, 6.07) is 7.72. The Labute approximate surface area is 115 Å². The molecule has 0 aliphatic heterocycles. The fourth-order valence-electron chi connectivity index (χ4n) is 2.83. The highest BCUT2D eigenvalue weighted by molar-refractivity contribution is 6.02. The van der Waals surface area contributed by atoms with Gasteiger partial charge in [0.05, 0.1) is 0 Å². The number of aliphatic hydroxyl groups is 1. The first-order valence-corrected chi connectivity index (χ1v) is 7.40. The van der Waals surface area contributed by atoms with Crippen molar-refractivity contribution in [2.75, 3.05) is 0 Å². The summed E-state index contributed by atoms with van der Waals surface area (Å²) in [6.07, 6.45) is 5.37. The van der Waals surface area contributed by atoms with Crippen molar-refractivity contribution in [2.45, 2.75) is 63.9 Å². The van der Waals surface area contributed by atoms with Gasteiger partial charge < -0.3 is 5.11 Å². The molecule has 0 unspecified atom stereocenters. The quantitative estimate of drug-likeness (QED) is 0.657. The number of hydrogen-bond acceptors (Lipinski definition) is 2. The lowest BCUT2D eigenvalue weighted by Gasteiger charge is -2.25. The minimum atomic E-state index is -1.13. The molecule has 1 N–H and O–H groups in total. The van der Waals surface area contributed by atoms with Gasteiger partial charge in [0.25, 0.3) is 0 Å². The second-order valence-electron chi connectivity index (χ2n) is 6.05. The summed E-state index contributed by atoms with van der Waals surface area (Å²) in [7, 11) is 0. The van der Waals surface area contributed by atoms with Gasteiger partial charge >= 0.3 is 0 Å². The summed E-state index contributed by atoms with van der Waals surface area (Å²) < 4.78 is 0. The molecule has 0 spiro atoms. The molecule has 0 heterocycles. The number of benzene rings is 1. The van der Waals surface area contributed by atoms with Crippen LogP contribution >= 0.6 is 0 Å². The number of ketones is 1. The fraction of sp³-hybridized carbons (Fsp3) is 0.588. The highest BCUT2D eigenvalue weighted by atomic mass is 16.3. The number of carbonyl (C=O) groups is 1. The zero-order valence-electron chi connectivity index (χ0n) is 12.0. The molecule has 19 heavy (non-hydrogen) atoms. The molecule has 0 bridgehead atoms. The van der Waals surface area contributed by atoms with Crippen molar-refractivity contribution in [2.24, 2.45) is 0 Å². The van der Waals surface area contributed by atoms with E-state index in [1.165, 1.54) is 5.56 Å². The predicted octanol–water partition coefficient (Wildman–Crippen LogP) is 4.08. The number of rotatable bonds is 3. The molecular weight excluding hydrogens is 236 g/mol. The molecular formula is C17H24O2. The molecule has 1 fully saturated rings. The maximum atomic E-state index is 12.5. The van der Waals surface area contributed by atoms with Crippen molar-refractivity contribution in [3.8, 4) is 0 Å². The second-order valence-corrected chi connectivity index (χ2v) is 6.05. The van der Waals surface area contributed by atoms with Gasteiger partial charge in [-0.25, -0.2) is 0 Å². The van der Waals surface area contributed by atoms with Crippen molar-refractivity contribution in [3.05, 3.63) is 35.4 Å². The van der Waals surface area contributed by atoms with Crippen molar-refractivity contribution in [1.82, 2.24) is 0 Å². The second kappa shape index (κ2) is 5.87. The van der Waals surface area contributed by atoms with Crippen LogP contribution in [0.15, 0.2) is 24.3 Å². The van der Waals surface area contributed by atoms with Gasteiger partial charge in [-0.1, -0.05) is 63.8 Å². The van der Waals surface area contributed by atoms with Crippen LogP contribution in [0.2, 0.25) is 0 Å². The third-order valence-electron chi connectivity index (χ3n) is 4.19. The normalized spacial score (nSPS) is 19.2. The van der Waals surface area contributed by atoms with E-state index < -0.39 is 5.60 Å². The molecule has 104 valence electrons. The van der Waals surface area contributed by atoms with Gasteiger partial charge in [0.2, 0.25) is 0 Å². The Hall–Kier alpha value is -1.15. The molecule has 0 radical (unpaired) electrons. The van der Waals surface area contributed by atoms with Crippen LogP contribution < -0.4 is 0 Å². The van der Waals surface area contributed by atoms with Gasteiger partial charge in [-0.3, -0.25) is 4.79 Å². The van der Waals surface area contributed by atoms with Crippen molar-refractivity contribution in [3.63, 3.8) is 0 Å². The van der Waals surface area contributed by atoms with E-state index in [9.17, 15) is 9.90 Å². The molecule has 1 aromatic carbocycles. The Morgan fingerprint density at radius 1 is 1.05 bits per heavy atom. The molecule has 2 rings (SSSR count). The van der Waals surface area contributed by atoms with Gasteiger partial charge in [0.1, 0.15) is 5.60 Å². The highest BCUT2D eigenvalue weighted by Crippen LogP contribution is 2.30. The highest BCUT2D eigenvalue weighted by Gasteiger charge is 2.36. The van der Waals surface area contributed by atoms with Crippen LogP contribution in [0, 0.1) is 0 Å². The summed E-state index contributed by atoms with van der Waals surface area (Å²) in [5, 5.41) is 10.6. The van der Waals surface area contributed by atoms with Crippen LogP contribution in [0.4, 0.5) is 0 Å². The van der Waals surface area contributed by atoms with Crippen LogP contribution in [0.1, 0.15) is 74.2 Å². The molecule has 1 aliphatic rings. The molecule has 0 atom stereocenters. The summed E-state index contributed by atoms with van der Waals surface area (Å²) in [4.78, 5) is 12.5. The lowest BCUT2D eigenvalue weighted by molar-refractivity contribution is 0.0238. The van der Waals surface area contributed by atoms with E-state index in [2.05, 4.69) is 13.8 Å². The Balaban J connectivity index is 2.18. The van der Waals surface area contributed by atoms with Crippen LogP contribution in [0.25, 0.3) is 0 Å². The standard InChI is InChI=1S/C17H24O2/c1-13(2)14-7-9-15(10-8-14)16(18)17(19)11-5-3-4-6-12-17/h7-10,13,19H,3-6,11-12H2,1-2H3. The van der Waals surface area contributed by atoms with Crippen molar-refractivity contribution < 1.29 is 9.90 Å². The molecule has 2 heteroatoms. The fourth-order valence-corrected chi connectivity index (χ4v) is 2.83. The molecule has 1 saturated carbocycles. The Bertz CT molecular complexity index is 423. The summed E-state index contributed by atoms with van der Waals surface area (Å²) in [6.45, 7) is 4.27.